The standard InChI is InChI=1S/C27H18Cl2O4/c28-20-14-17(18-10-6-12-23-25(18)19-9-4-5-11-22(19)32-23)15-21(29)26(20)33-24(27(30)31)13-16-7-2-1-3-8-16/h1-12,14-15,24H,13H2,(H,30,31)/t24-/m1/s1. The molecule has 0 aliphatic rings. The summed E-state index contributed by atoms with van der Waals surface area (Å²) in [4.78, 5) is 11.8. The molecule has 1 aromatic heterocycles. The molecule has 0 aliphatic carbocycles. The first kappa shape index (κ1) is 21.4. The van der Waals surface area contributed by atoms with Crippen LogP contribution in [0.15, 0.2) is 89.3 Å². The number of hydrogen-bond donors (Lipinski definition) is 1. The summed E-state index contributed by atoms with van der Waals surface area (Å²) in [5.74, 6) is -0.945. The third-order valence-electron chi connectivity index (χ3n) is 5.51. The SMILES string of the molecule is O=C(O)[C@@H](Cc1ccccc1)Oc1c(Cl)cc(-c2cccc3oc4ccccc4c23)cc1Cl. The van der Waals surface area contributed by atoms with Crippen LogP contribution in [-0.4, -0.2) is 17.2 Å². The Morgan fingerprint density at radius 3 is 2.27 bits per heavy atom. The molecule has 5 rings (SSSR count). The van der Waals surface area contributed by atoms with Crippen LogP contribution >= 0.6 is 23.2 Å². The van der Waals surface area contributed by atoms with Crippen molar-refractivity contribution >= 4 is 51.1 Å². The molecule has 33 heavy (non-hydrogen) atoms. The van der Waals surface area contributed by atoms with Gasteiger partial charge in [-0.05, 0) is 41.0 Å². The number of ether oxygens (including phenoxy) is 1. The molecule has 0 radical (unpaired) electrons. The van der Waals surface area contributed by atoms with Crippen LogP contribution in [0.4, 0.5) is 0 Å². The Morgan fingerprint density at radius 2 is 1.55 bits per heavy atom. The van der Waals surface area contributed by atoms with Gasteiger partial charge in [-0.2, -0.15) is 0 Å². The summed E-state index contributed by atoms with van der Waals surface area (Å²) >= 11 is 13.1. The Morgan fingerprint density at radius 1 is 0.879 bits per heavy atom. The third kappa shape index (κ3) is 4.15. The van der Waals surface area contributed by atoms with E-state index in [0.29, 0.717) is 0 Å². The first-order valence-electron chi connectivity index (χ1n) is 10.3. The van der Waals surface area contributed by atoms with Crippen LogP contribution in [0.5, 0.6) is 5.75 Å². The zero-order chi connectivity index (χ0) is 22.9. The van der Waals surface area contributed by atoms with Gasteiger partial charge in [0.1, 0.15) is 11.2 Å². The topological polar surface area (TPSA) is 59.7 Å². The summed E-state index contributed by atoms with van der Waals surface area (Å²) in [6, 6.07) is 26.4. The maximum atomic E-state index is 11.8. The number of benzene rings is 4. The van der Waals surface area contributed by atoms with E-state index in [0.717, 1.165) is 38.6 Å². The minimum absolute atomic E-state index is 0.148. The lowest BCUT2D eigenvalue weighted by molar-refractivity contribution is -0.145. The van der Waals surface area contributed by atoms with Gasteiger partial charge in [-0.3, -0.25) is 0 Å². The summed E-state index contributed by atoms with van der Waals surface area (Å²) < 4.78 is 11.8. The molecule has 4 aromatic carbocycles. The molecule has 1 atom stereocenters. The van der Waals surface area contributed by atoms with Crippen LogP contribution in [-0.2, 0) is 11.2 Å². The highest BCUT2D eigenvalue weighted by atomic mass is 35.5. The average Bonchev–Trinajstić information content (AvgIpc) is 3.20. The van der Waals surface area contributed by atoms with Crippen molar-refractivity contribution in [1.82, 2.24) is 0 Å². The van der Waals surface area contributed by atoms with Crippen molar-refractivity contribution in [3.8, 4) is 16.9 Å². The van der Waals surface area contributed by atoms with Crippen LogP contribution in [0, 0.1) is 0 Å². The second kappa shape index (κ2) is 8.81. The van der Waals surface area contributed by atoms with Crippen molar-refractivity contribution in [2.24, 2.45) is 0 Å². The van der Waals surface area contributed by atoms with Crippen molar-refractivity contribution in [2.75, 3.05) is 0 Å². The molecule has 0 unspecified atom stereocenters. The predicted molar refractivity (Wildman–Crippen MR) is 131 cm³/mol. The Balaban J connectivity index is 1.54. The van der Waals surface area contributed by atoms with E-state index in [1.807, 2.05) is 72.8 Å². The normalized spacial score (nSPS) is 12.2. The number of carbonyl (C=O) groups is 1. The molecule has 164 valence electrons. The van der Waals surface area contributed by atoms with E-state index in [4.69, 9.17) is 32.4 Å². The molecular formula is C27H18Cl2O4. The summed E-state index contributed by atoms with van der Waals surface area (Å²) in [5, 5.41) is 12.1. The summed E-state index contributed by atoms with van der Waals surface area (Å²) in [6.45, 7) is 0. The van der Waals surface area contributed by atoms with Crippen LogP contribution < -0.4 is 4.74 Å². The maximum Gasteiger partial charge on any atom is 0.345 e. The molecule has 5 aromatic rings. The van der Waals surface area contributed by atoms with E-state index >= 15 is 0 Å². The Kier molecular flexibility index (Phi) is 5.71. The van der Waals surface area contributed by atoms with Crippen molar-refractivity contribution in [3.05, 3.63) is 101 Å². The fourth-order valence-corrected chi connectivity index (χ4v) is 4.57. The third-order valence-corrected chi connectivity index (χ3v) is 6.07. The van der Waals surface area contributed by atoms with Crippen molar-refractivity contribution in [2.45, 2.75) is 12.5 Å². The molecule has 0 spiro atoms. The van der Waals surface area contributed by atoms with E-state index in [2.05, 4.69) is 0 Å². The molecule has 1 heterocycles. The molecule has 6 heteroatoms. The number of halogens is 2. The van der Waals surface area contributed by atoms with Crippen LogP contribution in [0.3, 0.4) is 0 Å². The number of aliphatic carboxylic acids is 1. The van der Waals surface area contributed by atoms with Gasteiger partial charge in [-0.15, -0.1) is 0 Å². The Labute approximate surface area is 199 Å². The summed E-state index contributed by atoms with van der Waals surface area (Å²) in [6.07, 6.45) is -0.945. The minimum atomic E-state index is -1.13. The summed E-state index contributed by atoms with van der Waals surface area (Å²) in [5.41, 5.74) is 4.08. The van der Waals surface area contributed by atoms with Crippen LogP contribution in [0.1, 0.15) is 5.56 Å². The summed E-state index contributed by atoms with van der Waals surface area (Å²) in [7, 11) is 0. The van der Waals surface area contributed by atoms with Gasteiger partial charge in [-0.25, -0.2) is 4.79 Å². The van der Waals surface area contributed by atoms with Gasteiger partial charge in [0, 0.05) is 17.2 Å². The quantitative estimate of drug-likeness (QED) is 0.273. The van der Waals surface area contributed by atoms with E-state index in [9.17, 15) is 9.90 Å². The van der Waals surface area contributed by atoms with Crippen LogP contribution in [0.25, 0.3) is 33.1 Å². The van der Waals surface area contributed by atoms with Gasteiger partial charge < -0.3 is 14.3 Å². The lowest BCUT2D eigenvalue weighted by atomic mass is 9.99. The molecule has 0 aliphatic heterocycles. The number of carboxylic acids is 1. The van der Waals surface area contributed by atoms with Gasteiger partial charge in [-0.1, -0.05) is 83.9 Å². The Hall–Kier alpha value is -3.47. The average molecular weight is 477 g/mol. The van der Waals surface area contributed by atoms with Crippen molar-refractivity contribution < 1.29 is 19.1 Å². The molecule has 0 amide bonds. The lowest BCUT2D eigenvalue weighted by Gasteiger charge is -2.18. The Bertz CT molecular complexity index is 1450. The fraction of sp³-hybridized carbons (Fsp3) is 0.0741. The second-order valence-corrected chi connectivity index (χ2v) is 8.49. The first-order valence-corrected chi connectivity index (χ1v) is 11.1. The van der Waals surface area contributed by atoms with Gasteiger partial charge in [0.25, 0.3) is 0 Å². The van der Waals surface area contributed by atoms with Gasteiger partial charge in [0.2, 0.25) is 0 Å². The molecule has 0 bridgehead atoms. The van der Waals surface area contributed by atoms with E-state index in [1.54, 1.807) is 12.1 Å². The van der Waals surface area contributed by atoms with E-state index in [-0.39, 0.29) is 22.2 Å². The number of fused-ring (bicyclic) bond motifs is 3. The molecule has 0 saturated carbocycles. The predicted octanol–water partition coefficient (Wildman–Crippen LogP) is 7.63. The van der Waals surface area contributed by atoms with Crippen molar-refractivity contribution in [1.29, 1.82) is 0 Å². The van der Waals surface area contributed by atoms with E-state index < -0.39 is 12.1 Å². The smallest absolute Gasteiger partial charge is 0.345 e. The molecular weight excluding hydrogens is 459 g/mol. The number of furan rings is 1. The first-order chi connectivity index (χ1) is 16.0. The number of para-hydroxylation sites is 1. The molecule has 0 saturated heterocycles. The highest BCUT2D eigenvalue weighted by molar-refractivity contribution is 6.37. The number of rotatable bonds is 6. The van der Waals surface area contributed by atoms with Crippen LogP contribution in [0.2, 0.25) is 10.0 Å². The zero-order valence-electron chi connectivity index (χ0n) is 17.3. The fourth-order valence-electron chi connectivity index (χ4n) is 3.99. The van der Waals surface area contributed by atoms with E-state index in [1.165, 1.54) is 0 Å². The highest BCUT2D eigenvalue weighted by Crippen LogP contribution is 2.42. The van der Waals surface area contributed by atoms with Gasteiger partial charge in [0.05, 0.1) is 10.0 Å². The monoisotopic (exact) mass is 476 g/mol. The molecule has 0 fully saturated rings. The minimum Gasteiger partial charge on any atom is -0.478 e. The maximum absolute atomic E-state index is 11.8. The lowest BCUT2D eigenvalue weighted by Crippen LogP contribution is -2.29. The molecule has 4 nitrogen and oxygen atoms in total. The zero-order valence-corrected chi connectivity index (χ0v) is 18.8. The largest absolute Gasteiger partial charge is 0.478 e. The van der Waals surface area contributed by atoms with Gasteiger partial charge >= 0.3 is 5.97 Å². The van der Waals surface area contributed by atoms with Crippen molar-refractivity contribution in [3.63, 3.8) is 0 Å². The second-order valence-electron chi connectivity index (χ2n) is 7.68. The highest BCUT2D eigenvalue weighted by Gasteiger charge is 2.24. The van der Waals surface area contributed by atoms with Gasteiger partial charge in [0.15, 0.2) is 11.9 Å². The molecule has 1 N–H and O–H groups in total. The number of carboxylic acid groups (broad SMARTS) is 1. The number of hydrogen-bond acceptors (Lipinski definition) is 3.